The van der Waals surface area contributed by atoms with Gasteiger partial charge in [-0.05, 0) is 29.8 Å². The molecular weight excluding hydrogens is 492 g/mol. The molecule has 0 radical (unpaired) electrons. The first kappa shape index (κ1) is 26.6. The molecule has 3 fully saturated rings. The largest absolute Gasteiger partial charge is 0.465 e. The Hall–Kier alpha value is -3.97. The van der Waals surface area contributed by atoms with Crippen molar-refractivity contribution < 1.29 is 28.3 Å². The van der Waals surface area contributed by atoms with Crippen LogP contribution in [0.2, 0.25) is 0 Å². The highest BCUT2D eigenvalue weighted by atomic mass is 16.5. The number of benzene rings is 3. The zero-order chi connectivity index (χ0) is 27.2. The van der Waals surface area contributed by atoms with Crippen LogP contribution in [0.3, 0.4) is 0 Å². The number of anilines is 1. The van der Waals surface area contributed by atoms with Crippen molar-refractivity contribution in [2.24, 2.45) is 5.92 Å². The fourth-order valence-electron chi connectivity index (χ4n) is 5.91. The lowest BCUT2D eigenvalue weighted by atomic mass is 9.82. The summed E-state index contributed by atoms with van der Waals surface area (Å²) < 4.78 is 11.6. The summed E-state index contributed by atoms with van der Waals surface area (Å²) in [6, 6.07) is 26.2. The highest BCUT2D eigenvalue weighted by Gasteiger charge is 2.49. The van der Waals surface area contributed by atoms with Gasteiger partial charge in [0.05, 0.1) is 31.7 Å². The highest BCUT2D eigenvalue weighted by Crippen LogP contribution is 2.36. The van der Waals surface area contributed by atoms with E-state index in [0.29, 0.717) is 41.2 Å². The average molecular weight is 528 g/mol. The number of rotatable bonds is 10. The Labute approximate surface area is 229 Å². The van der Waals surface area contributed by atoms with Crippen LogP contribution in [0.25, 0.3) is 0 Å². The van der Waals surface area contributed by atoms with Crippen molar-refractivity contribution in [3.63, 3.8) is 0 Å². The van der Waals surface area contributed by atoms with Crippen LogP contribution in [-0.2, 0) is 14.3 Å². The first-order valence-corrected chi connectivity index (χ1v) is 13.6. The second kappa shape index (κ2) is 11.8. The maximum absolute atomic E-state index is 13.6. The quantitative estimate of drug-likeness (QED) is 0.234. The van der Waals surface area contributed by atoms with Crippen molar-refractivity contribution in [3.8, 4) is 0 Å². The monoisotopic (exact) mass is 527 g/mol. The summed E-state index contributed by atoms with van der Waals surface area (Å²) in [4.78, 5) is 38.6. The van der Waals surface area contributed by atoms with Crippen molar-refractivity contribution >= 4 is 23.4 Å². The summed E-state index contributed by atoms with van der Waals surface area (Å²) in [6.07, 6.45) is 1.66. The molecule has 3 aromatic rings. The van der Waals surface area contributed by atoms with E-state index in [1.807, 2.05) is 60.7 Å². The lowest BCUT2D eigenvalue weighted by molar-refractivity contribution is -0.938. The van der Waals surface area contributed by atoms with Crippen molar-refractivity contribution in [2.45, 2.75) is 24.9 Å². The Morgan fingerprint density at radius 1 is 0.872 bits per heavy atom. The number of methoxy groups -OCH3 is 1. The van der Waals surface area contributed by atoms with Crippen LogP contribution < -0.4 is 5.32 Å². The zero-order valence-electron chi connectivity index (χ0n) is 22.3. The maximum Gasteiger partial charge on any atom is 0.337 e. The summed E-state index contributed by atoms with van der Waals surface area (Å²) in [5.41, 5.74) is 2.87. The second-order valence-corrected chi connectivity index (χ2v) is 10.6. The van der Waals surface area contributed by atoms with Gasteiger partial charge in [0.1, 0.15) is 13.1 Å². The second-order valence-electron chi connectivity index (χ2n) is 10.6. The molecule has 2 bridgehead atoms. The summed E-state index contributed by atoms with van der Waals surface area (Å²) in [7, 11) is 1.34. The van der Waals surface area contributed by atoms with E-state index in [1.54, 1.807) is 24.3 Å². The van der Waals surface area contributed by atoms with Gasteiger partial charge in [-0.15, -0.1) is 0 Å². The number of nitrogens with zero attached hydrogens (tertiary/aromatic N) is 1. The third-order valence-electron chi connectivity index (χ3n) is 8.19. The van der Waals surface area contributed by atoms with Crippen LogP contribution in [0.5, 0.6) is 0 Å². The van der Waals surface area contributed by atoms with E-state index in [1.165, 1.54) is 7.11 Å². The number of piperidine rings is 3. The number of hydrogen-bond acceptors (Lipinski definition) is 6. The Kier molecular flexibility index (Phi) is 8.07. The molecule has 3 aliphatic heterocycles. The fraction of sp³-hybridized carbons (Fsp3) is 0.344. The number of carbonyl (C=O) groups excluding carboxylic acids is 3. The third kappa shape index (κ3) is 6.20. The van der Waals surface area contributed by atoms with Gasteiger partial charge in [-0.2, -0.15) is 0 Å². The number of hydrogen-bond donors (Lipinski definition) is 1. The number of para-hydroxylation sites is 1. The standard InChI is InChI=1S/C32H35N2O5/c1-38-31(36)26-14-12-24(13-15-26)29(35)21-34-18-16-25(17-19-34)30(22-34)39-32(37)28(23-8-4-2-5-9-23)20-33-27-10-6-3-7-11-27/h2-15,25,28,30,33H,16-22H2,1H3/q+1/t25?,28?,30-,34?/m0/s1. The minimum absolute atomic E-state index is 0.0334. The Morgan fingerprint density at radius 3 is 2.13 bits per heavy atom. The fourth-order valence-corrected chi connectivity index (χ4v) is 5.91. The van der Waals surface area contributed by atoms with E-state index in [9.17, 15) is 14.4 Å². The molecule has 0 spiro atoms. The molecule has 0 aromatic heterocycles. The van der Waals surface area contributed by atoms with Crippen LogP contribution in [0, 0.1) is 5.92 Å². The van der Waals surface area contributed by atoms with E-state index in [-0.39, 0.29) is 17.9 Å². The number of quaternary nitrogens is 1. The van der Waals surface area contributed by atoms with E-state index in [0.717, 1.165) is 37.2 Å². The molecule has 6 rings (SSSR count). The van der Waals surface area contributed by atoms with Gasteiger partial charge in [0.25, 0.3) is 0 Å². The van der Waals surface area contributed by atoms with Gasteiger partial charge in [0.2, 0.25) is 5.78 Å². The van der Waals surface area contributed by atoms with E-state index in [2.05, 4.69) is 5.32 Å². The van der Waals surface area contributed by atoms with Crippen molar-refractivity contribution in [1.29, 1.82) is 0 Å². The molecule has 0 amide bonds. The predicted octanol–water partition coefficient (Wildman–Crippen LogP) is 4.70. The molecule has 2 atom stereocenters. The molecule has 3 heterocycles. The first-order chi connectivity index (χ1) is 19.0. The molecule has 3 aromatic carbocycles. The van der Waals surface area contributed by atoms with Gasteiger partial charge >= 0.3 is 11.9 Å². The summed E-state index contributed by atoms with van der Waals surface area (Å²) in [6.45, 7) is 3.25. The van der Waals surface area contributed by atoms with Crippen molar-refractivity contribution in [3.05, 3.63) is 102 Å². The summed E-state index contributed by atoms with van der Waals surface area (Å²) in [5, 5.41) is 3.38. The summed E-state index contributed by atoms with van der Waals surface area (Å²) >= 11 is 0. The number of fused-ring (bicyclic) bond motifs is 3. The highest BCUT2D eigenvalue weighted by molar-refractivity contribution is 5.98. The van der Waals surface area contributed by atoms with E-state index in [4.69, 9.17) is 9.47 Å². The Bertz CT molecular complexity index is 1290. The molecule has 0 aliphatic carbocycles. The van der Waals surface area contributed by atoms with Gasteiger partial charge in [0.15, 0.2) is 6.10 Å². The lowest BCUT2D eigenvalue weighted by Crippen LogP contribution is -2.65. The van der Waals surface area contributed by atoms with Crippen LogP contribution in [0.4, 0.5) is 5.69 Å². The predicted molar refractivity (Wildman–Crippen MR) is 149 cm³/mol. The SMILES string of the molecule is COC(=O)c1ccc(C(=O)C[N+]23CCC(CC2)[C@@H](OC(=O)C(CNc2ccccc2)c2ccccc2)C3)cc1. The topological polar surface area (TPSA) is 81.7 Å². The molecule has 202 valence electrons. The Balaban J connectivity index is 1.26. The van der Waals surface area contributed by atoms with Crippen molar-refractivity contribution in [2.75, 3.05) is 45.2 Å². The minimum Gasteiger partial charge on any atom is -0.465 e. The van der Waals surface area contributed by atoms with Gasteiger partial charge in [-0.25, -0.2) is 4.79 Å². The average Bonchev–Trinajstić information content (AvgIpc) is 2.98. The third-order valence-corrected chi connectivity index (χ3v) is 8.19. The first-order valence-electron chi connectivity index (χ1n) is 13.6. The molecule has 0 saturated carbocycles. The maximum atomic E-state index is 13.6. The zero-order valence-corrected chi connectivity index (χ0v) is 22.3. The van der Waals surface area contributed by atoms with E-state index >= 15 is 0 Å². The number of esters is 2. The molecule has 39 heavy (non-hydrogen) atoms. The molecule has 1 unspecified atom stereocenters. The number of carbonyl (C=O) groups is 3. The molecule has 1 N–H and O–H groups in total. The summed E-state index contributed by atoms with van der Waals surface area (Å²) in [5.74, 6) is -0.740. The number of nitrogens with one attached hydrogen (secondary N) is 1. The lowest BCUT2D eigenvalue weighted by Gasteiger charge is -2.51. The number of ether oxygens (including phenoxy) is 2. The normalized spacial score (nSPS) is 22.5. The number of Topliss-reactive ketones (excluding diaryl/α,β-unsaturated/α-hetero) is 1. The van der Waals surface area contributed by atoms with Gasteiger partial charge in [-0.1, -0.05) is 60.7 Å². The molecule has 3 aliphatic rings. The molecule has 7 nitrogen and oxygen atoms in total. The minimum atomic E-state index is -0.440. The number of ketones is 1. The van der Waals surface area contributed by atoms with Gasteiger partial charge < -0.3 is 19.3 Å². The van der Waals surface area contributed by atoms with Crippen LogP contribution in [0.1, 0.15) is 45.0 Å². The molecule has 7 heteroatoms. The van der Waals surface area contributed by atoms with Crippen LogP contribution in [-0.4, -0.2) is 68.1 Å². The van der Waals surface area contributed by atoms with Crippen LogP contribution in [0.15, 0.2) is 84.9 Å². The Morgan fingerprint density at radius 2 is 1.49 bits per heavy atom. The molecule has 3 saturated heterocycles. The molecular formula is C32H35N2O5+. The van der Waals surface area contributed by atoms with Gasteiger partial charge in [-0.3, -0.25) is 9.59 Å². The van der Waals surface area contributed by atoms with Crippen LogP contribution >= 0.6 is 0 Å². The smallest absolute Gasteiger partial charge is 0.337 e. The van der Waals surface area contributed by atoms with Gasteiger partial charge in [0, 0.05) is 36.6 Å². The van der Waals surface area contributed by atoms with Crippen molar-refractivity contribution in [1.82, 2.24) is 0 Å². The van der Waals surface area contributed by atoms with E-state index < -0.39 is 11.9 Å².